The predicted octanol–water partition coefficient (Wildman–Crippen LogP) is 2.35. The standard InChI is InChI=1S/C26H28N8O2/c35-17-23(36)21-6-8-22(9-7-21)31-24-29-18-30-26(32-24)34-12-10-33(11-13-34)25-27-15-20(16-28-25)14-19-4-2-1-3-5-19/h1-9,15-16,18,23,35-36H,10-14,17H2,(H,29,30,31,32)/t23-/m1/s1. The van der Waals surface area contributed by atoms with Crippen LogP contribution in [0.3, 0.4) is 0 Å². The Morgan fingerprint density at radius 1 is 0.778 bits per heavy atom. The summed E-state index contributed by atoms with van der Waals surface area (Å²) in [5.41, 5.74) is 3.75. The van der Waals surface area contributed by atoms with Crippen LogP contribution in [0.25, 0.3) is 0 Å². The molecule has 184 valence electrons. The summed E-state index contributed by atoms with van der Waals surface area (Å²) >= 11 is 0. The second-order valence-corrected chi connectivity index (χ2v) is 8.58. The summed E-state index contributed by atoms with van der Waals surface area (Å²) in [6, 6.07) is 17.4. The molecule has 1 aliphatic heterocycles. The average Bonchev–Trinajstić information content (AvgIpc) is 2.94. The summed E-state index contributed by atoms with van der Waals surface area (Å²) in [6.07, 6.45) is 5.24. The zero-order chi connectivity index (χ0) is 24.7. The van der Waals surface area contributed by atoms with Gasteiger partial charge < -0.3 is 25.3 Å². The maximum Gasteiger partial charge on any atom is 0.231 e. The first-order valence-corrected chi connectivity index (χ1v) is 11.9. The molecule has 0 saturated carbocycles. The summed E-state index contributed by atoms with van der Waals surface area (Å²) < 4.78 is 0. The number of nitrogens with one attached hydrogen (secondary N) is 1. The predicted molar refractivity (Wildman–Crippen MR) is 137 cm³/mol. The Morgan fingerprint density at radius 3 is 2.11 bits per heavy atom. The number of hydrogen-bond acceptors (Lipinski definition) is 10. The number of piperazine rings is 1. The third-order valence-electron chi connectivity index (χ3n) is 6.07. The van der Waals surface area contributed by atoms with Crippen molar-refractivity contribution in [1.82, 2.24) is 24.9 Å². The number of nitrogens with zero attached hydrogens (tertiary/aromatic N) is 7. The van der Waals surface area contributed by atoms with Gasteiger partial charge in [-0.2, -0.15) is 4.98 Å². The van der Waals surface area contributed by atoms with E-state index in [2.05, 4.69) is 52.2 Å². The summed E-state index contributed by atoms with van der Waals surface area (Å²) in [4.78, 5) is 26.6. The van der Waals surface area contributed by atoms with Gasteiger partial charge in [-0.3, -0.25) is 0 Å². The van der Waals surface area contributed by atoms with Crippen LogP contribution in [0.5, 0.6) is 0 Å². The van der Waals surface area contributed by atoms with Gasteiger partial charge in [-0.25, -0.2) is 19.9 Å². The number of rotatable bonds is 8. The lowest BCUT2D eigenvalue weighted by molar-refractivity contribution is 0.0956. The van der Waals surface area contributed by atoms with Crippen LogP contribution in [0, 0.1) is 0 Å². The smallest absolute Gasteiger partial charge is 0.231 e. The lowest BCUT2D eigenvalue weighted by Gasteiger charge is -2.34. The molecule has 2 aromatic carbocycles. The van der Waals surface area contributed by atoms with Crippen molar-refractivity contribution < 1.29 is 10.2 Å². The van der Waals surface area contributed by atoms with E-state index in [1.165, 1.54) is 11.9 Å². The second kappa shape index (κ2) is 11.1. The minimum absolute atomic E-state index is 0.317. The molecule has 3 heterocycles. The fourth-order valence-electron chi connectivity index (χ4n) is 4.06. The van der Waals surface area contributed by atoms with E-state index < -0.39 is 6.10 Å². The quantitative estimate of drug-likeness (QED) is 0.343. The third kappa shape index (κ3) is 5.73. The van der Waals surface area contributed by atoms with Crippen molar-refractivity contribution in [2.45, 2.75) is 12.5 Å². The molecule has 0 unspecified atom stereocenters. The van der Waals surface area contributed by atoms with E-state index in [-0.39, 0.29) is 6.61 Å². The van der Waals surface area contributed by atoms with Gasteiger partial charge in [-0.15, -0.1) is 0 Å². The highest BCUT2D eigenvalue weighted by Crippen LogP contribution is 2.20. The van der Waals surface area contributed by atoms with Crippen LogP contribution in [0.2, 0.25) is 0 Å². The minimum atomic E-state index is -0.890. The number of aliphatic hydroxyl groups excluding tert-OH is 2. The Hall–Kier alpha value is -4.15. The van der Waals surface area contributed by atoms with Crippen LogP contribution in [0.4, 0.5) is 23.5 Å². The molecule has 1 saturated heterocycles. The van der Waals surface area contributed by atoms with Crippen LogP contribution in [-0.4, -0.2) is 67.9 Å². The zero-order valence-corrected chi connectivity index (χ0v) is 19.8. The van der Waals surface area contributed by atoms with E-state index in [0.717, 1.165) is 49.8 Å². The van der Waals surface area contributed by atoms with Gasteiger partial charge in [0.25, 0.3) is 0 Å². The SMILES string of the molecule is OC[C@@H](O)c1ccc(Nc2ncnc(N3CCN(c4ncc(Cc5ccccc5)cn4)CC3)n2)cc1. The first-order chi connectivity index (χ1) is 17.7. The molecule has 0 radical (unpaired) electrons. The molecule has 1 fully saturated rings. The number of aliphatic hydroxyl groups is 2. The first kappa shape index (κ1) is 23.6. The van der Waals surface area contributed by atoms with Gasteiger partial charge in [0.2, 0.25) is 17.8 Å². The number of anilines is 4. The van der Waals surface area contributed by atoms with Gasteiger partial charge in [-0.05, 0) is 28.8 Å². The normalized spacial score (nSPS) is 14.5. The third-order valence-corrected chi connectivity index (χ3v) is 6.07. The molecule has 0 bridgehead atoms. The Morgan fingerprint density at radius 2 is 1.44 bits per heavy atom. The molecule has 0 aliphatic carbocycles. The Labute approximate surface area is 209 Å². The van der Waals surface area contributed by atoms with E-state index >= 15 is 0 Å². The molecule has 36 heavy (non-hydrogen) atoms. The lowest BCUT2D eigenvalue weighted by Crippen LogP contribution is -2.47. The highest BCUT2D eigenvalue weighted by atomic mass is 16.3. The highest BCUT2D eigenvalue weighted by Gasteiger charge is 2.21. The maximum absolute atomic E-state index is 9.73. The van der Waals surface area contributed by atoms with E-state index in [1.54, 1.807) is 12.1 Å². The van der Waals surface area contributed by atoms with Crippen molar-refractivity contribution in [3.63, 3.8) is 0 Å². The maximum atomic E-state index is 9.73. The van der Waals surface area contributed by atoms with Gasteiger partial charge in [0.1, 0.15) is 12.4 Å². The topological polar surface area (TPSA) is 123 Å². The van der Waals surface area contributed by atoms with E-state index in [9.17, 15) is 5.11 Å². The van der Waals surface area contributed by atoms with E-state index in [4.69, 9.17) is 5.11 Å². The molecular weight excluding hydrogens is 456 g/mol. The number of aromatic nitrogens is 5. The zero-order valence-electron chi connectivity index (χ0n) is 19.8. The first-order valence-electron chi connectivity index (χ1n) is 11.9. The molecule has 1 aliphatic rings. The van der Waals surface area contributed by atoms with Gasteiger partial charge in [-0.1, -0.05) is 42.5 Å². The van der Waals surface area contributed by atoms with Gasteiger partial charge in [0.15, 0.2) is 0 Å². The highest BCUT2D eigenvalue weighted by molar-refractivity contribution is 5.54. The van der Waals surface area contributed by atoms with Gasteiger partial charge in [0, 0.05) is 50.7 Å². The second-order valence-electron chi connectivity index (χ2n) is 8.58. The summed E-state index contributed by atoms with van der Waals surface area (Å²) in [7, 11) is 0. The van der Waals surface area contributed by atoms with Crippen molar-refractivity contribution in [2.24, 2.45) is 0 Å². The van der Waals surface area contributed by atoms with Gasteiger partial charge in [0.05, 0.1) is 6.61 Å². The van der Waals surface area contributed by atoms with Crippen LogP contribution >= 0.6 is 0 Å². The molecule has 5 rings (SSSR count). The molecule has 1 atom stereocenters. The summed E-state index contributed by atoms with van der Waals surface area (Å²) in [5.74, 6) is 1.79. The fourth-order valence-corrected chi connectivity index (χ4v) is 4.06. The van der Waals surface area contributed by atoms with E-state index in [1.807, 2.05) is 42.7 Å². The van der Waals surface area contributed by atoms with Crippen molar-refractivity contribution >= 4 is 23.5 Å². The molecule has 2 aromatic heterocycles. The van der Waals surface area contributed by atoms with Crippen LogP contribution < -0.4 is 15.1 Å². The number of benzene rings is 2. The Bertz CT molecular complexity index is 1250. The van der Waals surface area contributed by atoms with Crippen LogP contribution in [-0.2, 0) is 6.42 Å². The minimum Gasteiger partial charge on any atom is -0.393 e. The molecule has 10 heteroatoms. The van der Waals surface area contributed by atoms with Crippen molar-refractivity contribution in [1.29, 1.82) is 0 Å². The molecule has 0 amide bonds. The van der Waals surface area contributed by atoms with Crippen LogP contribution in [0.15, 0.2) is 73.3 Å². The molecular formula is C26H28N8O2. The van der Waals surface area contributed by atoms with E-state index in [0.29, 0.717) is 17.5 Å². The average molecular weight is 485 g/mol. The fraction of sp³-hybridized carbons (Fsp3) is 0.269. The van der Waals surface area contributed by atoms with Crippen molar-refractivity contribution in [3.05, 3.63) is 90.0 Å². The van der Waals surface area contributed by atoms with Gasteiger partial charge >= 0.3 is 0 Å². The largest absolute Gasteiger partial charge is 0.393 e. The number of hydrogen-bond donors (Lipinski definition) is 3. The Kier molecular flexibility index (Phi) is 7.25. The van der Waals surface area contributed by atoms with Crippen LogP contribution in [0.1, 0.15) is 22.8 Å². The van der Waals surface area contributed by atoms with Crippen molar-refractivity contribution in [2.75, 3.05) is 47.9 Å². The molecule has 3 N–H and O–H groups in total. The molecule has 4 aromatic rings. The molecule has 0 spiro atoms. The molecule has 10 nitrogen and oxygen atoms in total. The Balaban J connectivity index is 1.17. The monoisotopic (exact) mass is 484 g/mol. The van der Waals surface area contributed by atoms with Crippen molar-refractivity contribution in [3.8, 4) is 0 Å². The summed E-state index contributed by atoms with van der Waals surface area (Å²) in [5, 5.41) is 22.0. The lowest BCUT2D eigenvalue weighted by atomic mass is 10.1. The summed E-state index contributed by atoms with van der Waals surface area (Å²) in [6.45, 7) is 2.70.